The second-order valence-electron chi connectivity index (χ2n) is 5.89. The number of amides is 1. The van der Waals surface area contributed by atoms with Crippen molar-refractivity contribution < 1.29 is 4.79 Å². The number of carbonyl (C=O) groups excluding carboxylic acids is 1. The molecule has 26 heavy (non-hydrogen) atoms. The Hall–Kier alpha value is -2.09. The number of guanidine groups is 1. The molecule has 0 saturated heterocycles. The van der Waals surface area contributed by atoms with Gasteiger partial charge in [-0.1, -0.05) is 49.4 Å². The van der Waals surface area contributed by atoms with Gasteiger partial charge in [0.05, 0.1) is 0 Å². The number of hydrogen-bond acceptors (Lipinski definition) is 2. The number of rotatable bonds is 6. The van der Waals surface area contributed by atoms with E-state index in [1.165, 1.54) is 5.56 Å². The van der Waals surface area contributed by atoms with Crippen LogP contribution in [0, 0.1) is 0 Å². The van der Waals surface area contributed by atoms with Crippen molar-refractivity contribution in [3.63, 3.8) is 0 Å². The van der Waals surface area contributed by atoms with Gasteiger partial charge in [-0.2, -0.15) is 0 Å². The molecule has 6 heteroatoms. The van der Waals surface area contributed by atoms with E-state index in [-0.39, 0.29) is 29.9 Å². The molecule has 0 aliphatic rings. The molecule has 2 aromatic rings. The van der Waals surface area contributed by atoms with E-state index in [9.17, 15) is 4.79 Å². The van der Waals surface area contributed by atoms with Crippen LogP contribution in [-0.4, -0.2) is 32.5 Å². The zero-order valence-corrected chi connectivity index (χ0v) is 17.8. The Kier molecular flexibility index (Phi) is 9.72. The van der Waals surface area contributed by atoms with E-state index in [0.29, 0.717) is 18.0 Å². The molecule has 0 fully saturated rings. The predicted octanol–water partition coefficient (Wildman–Crippen LogP) is 3.13. The molecule has 5 nitrogen and oxygen atoms in total. The summed E-state index contributed by atoms with van der Waals surface area (Å²) < 4.78 is 0. The second kappa shape index (κ2) is 11.5. The molecule has 140 valence electrons. The Morgan fingerprint density at radius 2 is 1.69 bits per heavy atom. The van der Waals surface area contributed by atoms with E-state index in [0.717, 1.165) is 18.1 Å². The largest absolute Gasteiger partial charge is 0.356 e. The van der Waals surface area contributed by atoms with Crippen molar-refractivity contribution in [2.45, 2.75) is 19.4 Å². The van der Waals surface area contributed by atoms with Crippen molar-refractivity contribution >= 4 is 35.8 Å². The highest BCUT2D eigenvalue weighted by Gasteiger charge is 2.06. The fraction of sp³-hybridized carbons (Fsp3) is 0.300. The number of nitrogens with one attached hydrogen (secondary N) is 3. The molecule has 0 radical (unpaired) electrons. The summed E-state index contributed by atoms with van der Waals surface area (Å²) in [6.45, 7) is 3.64. The van der Waals surface area contributed by atoms with Crippen LogP contribution in [0.2, 0.25) is 0 Å². The highest BCUT2D eigenvalue weighted by molar-refractivity contribution is 14.0. The topological polar surface area (TPSA) is 65.5 Å². The van der Waals surface area contributed by atoms with Gasteiger partial charge in [0.2, 0.25) is 0 Å². The lowest BCUT2D eigenvalue weighted by atomic mass is 10.0. The number of halogens is 1. The minimum atomic E-state index is -0.0770. The summed E-state index contributed by atoms with van der Waals surface area (Å²) in [6.07, 6.45) is 0. The first kappa shape index (κ1) is 22.0. The lowest BCUT2D eigenvalue weighted by Crippen LogP contribution is -2.38. The van der Waals surface area contributed by atoms with Gasteiger partial charge in [0.15, 0.2) is 5.96 Å². The molecular formula is C20H27IN4O. The molecule has 0 aliphatic heterocycles. The summed E-state index contributed by atoms with van der Waals surface area (Å²) in [6, 6.07) is 17.9. The average Bonchev–Trinajstić information content (AvgIpc) is 2.68. The van der Waals surface area contributed by atoms with E-state index in [2.05, 4.69) is 52.1 Å². The Labute approximate surface area is 172 Å². The van der Waals surface area contributed by atoms with Gasteiger partial charge in [0.1, 0.15) is 0 Å². The number of nitrogens with zero attached hydrogens (tertiary/aromatic N) is 1. The van der Waals surface area contributed by atoms with Crippen LogP contribution in [0.15, 0.2) is 59.6 Å². The van der Waals surface area contributed by atoms with Crippen LogP contribution in [0.1, 0.15) is 34.3 Å². The molecule has 0 saturated carbocycles. The Morgan fingerprint density at radius 1 is 1.04 bits per heavy atom. The third-order valence-corrected chi connectivity index (χ3v) is 4.07. The summed E-state index contributed by atoms with van der Waals surface area (Å²) in [5.41, 5.74) is 3.05. The van der Waals surface area contributed by atoms with Crippen LogP contribution in [0.4, 0.5) is 0 Å². The standard InChI is InChI=1S/C20H26N4O.HI/c1-15(17-7-5-4-6-8-17)13-23-20(22-3)24-14-16-9-11-18(12-10-16)19(25)21-2;/h4-12,15H,13-14H2,1-3H3,(H,21,25)(H2,22,23,24);1H. The highest BCUT2D eigenvalue weighted by Crippen LogP contribution is 2.12. The molecule has 0 spiro atoms. The molecule has 0 heterocycles. The maximum absolute atomic E-state index is 11.5. The van der Waals surface area contributed by atoms with E-state index < -0.39 is 0 Å². The Bertz CT molecular complexity index is 702. The van der Waals surface area contributed by atoms with Gasteiger partial charge in [-0.05, 0) is 29.2 Å². The molecule has 3 N–H and O–H groups in total. The lowest BCUT2D eigenvalue weighted by molar-refractivity contribution is 0.0963. The number of hydrogen-bond donors (Lipinski definition) is 3. The van der Waals surface area contributed by atoms with E-state index in [1.807, 2.05) is 30.3 Å². The third kappa shape index (κ3) is 6.67. The van der Waals surface area contributed by atoms with Crippen molar-refractivity contribution in [2.24, 2.45) is 4.99 Å². The maximum Gasteiger partial charge on any atom is 0.251 e. The smallest absolute Gasteiger partial charge is 0.251 e. The summed E-state index contributed by atoms with van der Waals surface area (Å²) >= 11 is 0. The first-order chi connectivity index (χ1) is 12.1. The third-order valence-electron chi connectivity index (χ3n) is 4.07. The molecular weight excluding hydrogens is 439 g/mol. The average molecular weight is 466 g/mol. The van der Waals surface area contributed by atoms with Crippen LogP contribution >= 0.6 is 24.0 Å². The normalized spacial score (nSPS) is 11.9. The fourth-order valence-electron chi connectivity index (χ4n) is 2.47. The molecule has 0 bridgehead atoms. The molecule has 2 aromatic carbocycles. The van der Waals surface area contributed by atoms with E-state index >= 15 is 0 Å². The molecule has 2 rings (SSSR count). The van der Waals surface area contributed by atoms with Crippen LogP contribution in [0.5, 0.6) is 0 Å². The monoisotopic (exact) mass is 466 g/mol. The zero-order valence-electron chi connectivity index (χ0n) is 15.5. The second-order valence-corrected chi connectivity index (χ2v) is 5.89. The van der Waals surface area contributed by atoms with Crippen molar-refractivity contribution in [1.29, 1.82) is 0 Å². The molecule has 1 unspecified atom stereocenters. The fourth-order valence-corrected chi connectivity index (χ4v) is 2.47. The minimum absolute atomic E-state index is 0. The maximum atomic E-state index is 11.5. The van der Waals surface area contributed by atoms with Crippen LogP contribution in [-0.2, 0) is 6.54 Å². The Morgan fingerprint density at radius 3 is 2.27 bits per heavy atom. The zero-order chi connectivity index (χ0) is 18.1. The predicted molar refractivity (Wildman–Crippen MR) is 118 cm³/mol. The number of aliphatic imine (C=N–C) groups is 1. The van der Waals surface area contributed by atoms with E-state index in [4.69, 9.17) is 0 Å². The Balaban J connectivity index is 0.00000338. The van der Waals surface area contributed by atoms with E-state index in [1.54, 1.807) is 14.1 Å². The summed E-state index contributed by atoms with van der Waals surface area (Å²) in [5.74, 6) is 1.08. The van der Waals surface area contributed by atoms with Crippen molar-refractivity contribution in [3.8, 4) is 0 Å². The van der Waals surface area contributed by atoms with Gasteiger partial charge < -0.3 is 16.0 Å². The number of benzene rings is 2. The highest BCUT2D eigenvalue weighted by atomic mass is 127. The number of carbonyl (C=O) groups is 1. The van der Waals surface area contributed by atoms with Crippen LogP contribution < -0.4 is 16.0 Å². The van der Waals surface area contributed by atoms with Crippen LogP contribution in [0.25, 0.3) is 0 Å². The van der Waals surface area contributed by atoms with Gasteiger partial charge in [-0.15, -0.1) is 24.0 Å². The summed E-state index contributed by atoms with van der Waals surface area (Å²) in [4.78, 5) is 15.8. The van der Waals surface area contributed by atoms with Gasteiger partial charge >= 0.3 is 0 Å². The minimum Gasteiger partial charge on any atom is -0.356 e. The summed E-state index contributed by atoms with van der Waals surface area (Å²) in [7, 11) is 3.39. The molecule has 1 atom stereocenters. The first-order valence-electron chi connectivity index (χ1n) is 8.44. The lowest BCUT2D eigenvalue weighted by Gasteiger charge is -2.16. The quantitative estimate of drug-likeness (QED) is 0.348. The van der Waals surface area contributed by atoms with Crippen molar-refractivity contribution in [3.05, 3.63) is 71.3 Å². The van der Waals surface area contributed by atoms with Crippen molar-refractivity contribution in [1.82, 2.24) is 16.0 Å². The molecule has 0 aromatic heterocycles. The SMILES string of the molecule is CN=C(NCc1ccc(C(=O)NC)cc1)NCC(C)c1ccccc1.I. The summed E-state index contributed by atoms with van der Waals surface area (Å²) in [5, 5.41) is 9.26. The van der Waals surface area contributed by atoms with Gasteiger partial charge in [-0.3, -0.25) is 9.79 Å². The first-order valence-corrected chi connectivity index (χ1v) is 8.44. The molecule has 1 amide bonds. The van der Waals surface area contributed by atoms with Gasteiger partial charge in [-0.25, -0.2) is 0 Å². The van der Waals surface area contributed by atoms with Crippen LogP contribution in [0.3, 0.4) is 0 Å². The molecule has 0 aliphatic carbocycles. The van der Waals surface area contributed by atoms with Crippen molar-refractivity contribution in [2.75, 3.05) is 20.6 Å². The van der Waals surface area contributed by atoms with Gasteiger partial charge in [0, 0.05) is 32.7 Å². The van der Waals surface area contributed by atoms with Gasteiger partial charge in [0.25, 0.3) is 5.91 Å².